The summed E-state index contributed by atoms with van der Waals surface area (Å²) in [6.07, 6.45) is 1.30. The normalized spacial score (nSPS) is 19.8. The highest BCUT2D eigenvalue weighted by molar-refractivity contribution is 5.85. The van der Waals surface area contributed by atoms with Crippen molar-refractivity contribution in [2.45, 2.75) is 33.2 Å². The topological polar surface area (TPSA) is 12.0 Å². The van der Waals surface area contributed by atoms with E-state index in [1.165, 1.54) is 35.2 Å². The summed E-state index contributed by atoms with van der Waals surface area (Å²) in [5.74, 6) is 0. The first-order valence-electron chi connectivity index (χ1n) is 4.99. The van der Waals surface area contributed by atoms with Gasteiger partial charge < -0.3 is 5.32 Å². The maximum Gasteiger partial charge on any atom is 0.0337 e. The molecule has 0 spiro atoms. The van der Waals surface area contributed by atoms with Gasteiger partial charge in [-0.3, -0.25) is 0 Å². The molecule has 78 valence electrons. The summed E-state index contributed by atoms with van der Waals surface area (Å²) in [5, 5.41) is 3.46. The molecule has 2 heteroatoms. The molecule has 1 aromatic rings. The van der Waals surface area contributed by atoms with Gasteiger partial charge >= 0.3 is 0 Å². The summed E-state index contributed by atoms with van der Waals surface area (Å²) in [6.45, 7) is 7.78. The van der Waals surface area contributed by atoms with Crippen LogP contribution in [0, 0.1) is 20.8 Å². The first-order chi connectivity index (χ1) is 6.18. The smallest absolute Gasteiger partial charge is 0.0337 e. The Morgan fingerprint density at radius 2 is 1.64 bits per heavy atom. The Balaban J connectivity index is 0.000000980. The second kappa shape index (κ2) is 4.33. The van der Waals surface area contributed by atoms with Gasteiger partial charge in [0, 0.05) is 6.04 Å². The van der Waals surface area contributed by atoms with Gasteiger partial charge in [-0.25, -0.2) is 0 Å². The first kappa shape index (κ1) is 11.5. The molecule has 0 radical (unpaired) electrons. The third-order valence-corrected chi connectivity index (χ3v) is 2.91. The summed E-state index contributed by atoms with van der Waals surface area (Å²) in [6, 6.07) is 5.19. The van der Waals surface area contributed by atoms with E-state index in [1.807, 2.05) is 0 Å². The Morgan fingerprint density at radius 3 is 2.00 bits per heavy atom. The van der Waals surface area contributed by atoms with Crippen molar-refractivity contribution in [2.75, 3.05) is 6.54 Å². The zero-order chi connectivity index (χ0) is 9.42. The van der Waals surface area contributed by atoms with Gasteiger partial charge in [0.1, 0.15) is 0 Å². The molecular weight excluding hydrogens is 194 g/mol. The Labute approximate surface area is 92.3 Å². The van der Waals surface area contributed by atoms with Crippen molar-refractivity contribution in [3.63, 3.8) is 0 Å². The van der Waals surface area contributed by atoms with E-state index in [9.17, 15) is 0 Å². The van der Waals surface area contributed by atoms with Gasteiger partial charge in [0.05, 0.1) is 0 Å². The van der Waals surface area contributed by atoms with Gasteiger partial charge in [-0.1, -0.05) is 17.7 Å². The van der Waals surface area contributed by atoms with E-state index in [2.05, 4.69) is 38.2 Å². The Bertz CT molecular complexity index is 306. The average molecular weight is 212 g/mol. The zero-order valence-electron chi connectivity index (χ0n) is 9.05. The van der Waals surface area contributed by atoms with Gasteiger partial charge in [-0.2, -0.15) is 0 Å². The van der Waals surface area contributed by atoms with Crippen LogP contribution < -0.4 is 5.32 Å². The van der Waals surface area contributed by atoms with Crippen molar-refractivity contribution in [2.24, 2.45) is 0 Å². The quantitative estimate of drug-likeness (QED) is 0.753. The Hall–Kier alpha value is -0.530. The van der Waals surface area contributed by atoms with Crippen LogP contribution in [0.15, 0.2) is 12.1 Å². The van der Waals surface area contributed by atoms with Gasteiger partial charge in [-0.15, -0.1) is 12.4 Å². The molecule has 1 nitrogen and oxygen atoms in total. The molecule has 0 unspecified atom stereocenters. The first-order valence-corrected chi connectivity index (χ1v) is 4.99. The van der Waals surface area contributed by atoms with Crippen LogP contribution in [0.4, 0.5) is 0 Å². The minimum Gasteiger partial charge on any atom is -0.310 e. The number of rotatable bonds is 1. The number of aryl methyl sites for hydroxylation is 3. The SMILES string of the molecule is Cc1cc(C)c([C@H]2CCN2)c(C)c1.Cl. The predicted molar refractivity (Wildman–Crippen MR) is 63.3 cm³/mol. The van der Waals surface area contributed by atoms with Crippen molar-refractivity contribution in [1.82, 2.24) is 5.32 Å². The minimum absolute atomic E-state index is 0. The maximum absolute atomic E-state index is 3.46. The fourth-order valence-electron chi connectivity index (χ4n) is 2.28. The second-order valence-corrected chi connectivity index (χ2v) is 4.11. The Kier molecular flexibility index (Phi) is 3.57. The van der Waals surface area contributed by atoms with Crippen LogP contribution in [-0.4, -0.2) is 6.54 Å². The summed E-state index contributed by atoms with van der Waals surface area (Å²) in [4.78, 5) is 0. The molecule has 0 amide bonds. The summed E-state index contributed by atoms with van der Waals surface area (Å²) < 4.78 is 0. The van der Waals surface area contributed by atoms with Gasteiger partial charge in [0.2, 0.25) is 0 Å². The van der Waals surface area contributed by atoms with Gasteiger partial charge in [0.15, 0.2) is 0 Å². The monoisotopic (exact) mass is 211 g/mol. The summed E-state index contributed by atoms with van der Waals surface area (Å²) >= 11 is 0. The van der Waals surface area contributed by atoms with Crippen molar-refractivity contribution < 1.29 is 0 Å². The number of benzene rings is 1. The van der Waals surface area contributed by atoms with Gasteiger partial charge in [0.25, 0.3) is 0 Å². The van der Waals surface area contributed by atoms with Crippen LogP contribution in [0.1, 0.15) is 34.7 Å². The largest absolute Gasteiger partial charge is 0.310 e. The molecule has 1 aromatic carbocycles. The Morgan fingerprint density at radius 1 is 1.14 bits per heavy atom. The van der Waals surface area contributed by atoms with Crippen LogP contribution in [0.25, 0.3) is 0 Å². The highest BCUT2D eigenvalue weighted by Gasteiger charge is 2.21. The molecule has 1 saturated heterocycles. The van der Waals surface area contributed by atoms with Crippen LogP contribution in [0.2, 0.25) is 0 Å². The lowest BCUT2D eigenvalue weighted by Gasteiger charge is -2.31. The lowest BCUT2D eigenvalue weighted by molar-refractivity contribution is 0.380. The molecule has 0 bridgehead atoms. The fraction of sp³-hybridized carbons (Fsp3) is 0.500. The molecule has 0 saturated carbocycles. The lowest BCUT2D eigenvalue weighted by Crippen LogP contribution is -2.35. The molecule has 1 atom stereocenters. The van der Waals surface area contributed by atoms with Crippen LogP contribution in [-0.2, 0) is 0 Å². The molecule has 0 aromatic heterocycles. The fourth-order valence-corrected chi connectivity index (χ4v) is 2.28. The minimum atomic E-state index is 0. The van der Waals surface area contributed by atoms with E-state index in [4.69, 9.17) is 0 Å². The molecule has 14 heavy (non-hydrogen) atoms. The van der Waals surface area contributed by atoms with E-state index in [1.54, 1.807) is 0 Å². The van der Waals surface area contributed by atoms with Crippen molar-refractivity contribution >= 4 is 12.4 Å². The van der Waals surface area contributed by atoms with E-state index < -0.39 is 0 Å². The molecular formula is C12H18ClN. The average Bonchev–Trinajstić information content (AvgIpc) is 1.92. The highest BCUT2D eigenvalue weighted by atomic mass is 35.5. The number of hydrogen-bond donors (Lipinski definition) is 1. The maximum atomic E-state index is 3.46. The molecule has 1 heterocycles. The number of nitrogens with one attached hydrogen (secondary N) is 1. The van der Waals surface area contributed by atoms with Crippen LogP contribution in [0.5, 0.6) is 0 Å². The van der Waals surface area contributed by atoms with Crippen molar-refractivity contribution in [3.8, 4) is 0 Å². The zero-order valence-corrected chi connectivity index (χ0v) is 9.87. The summed E-state index contributed by atoms with van der Waals surface area (Å²) in [5.41, 5.74) is 5.78. The van der Waals surface area contributed by atoms with E-state index in [-0.39, 0.29) is 12.4 Å². The molecule has 1 N–H and O–H groups in total. The summed E-state index contributed by atoms with van der Waals surface area (Å²) in [7, 11) is 0. The second-order valence-electron chi connectivity index (χ2n) is 4.11. The third-order valence-electron chi connectivity index (χ3n) is 2.91. The molecule has 1 fully saturated rings. The lowest BCUT2D eigenvalue weighted by atomic mass is 9.89. The van der Waals surface area contributed by atoms with E-state index >= 15 is 0 Å². The van der Waals surface area contributed by atoms with Crippen LogP contribution in [0.3, 0.4) is 0 Å². The molecule has 1 aliphatic rings. The van der Waals surface area contributed by atoms with Crippen molar-refractivity contribution in [3.05, 3.63) is 34.4 Å². The van der Waals surface area contributed by atoms with Gasteiger partial charge in [-0.05, 0) is 50.4 Å². The number of halogens is 1. The van der Waals surface area contributed by atoms with Crippen LogP contribution >= 0.6 is 12.4 Å². The van der Waals surface area contributed by atoms with E-state index in [0.29, 0.717) is 6.04 Å². The third kappa shape index (κ3) is 1.94. The molecule has 1 aliphatic heterocycles. The molecule has 0 aliphatic carbocycles. The molecule has 2 rings (SSSR count). The number of hydrogen-bond acceptors (Lipinski definition) is 1. The van der Waals surface area contributed by atoms with E-state index in [0.717, 1.165) is 0 Å². The predicted octanol–water partition coefficient (Wildman–Crippen LogP) is 3.07. The highest BCUT2D eigenvalue weighted by Crippen LogP contribution is 2.29. The van der Waals surface area contributed by atoms with Crippen molar-refractivity contribution in [1.29, 1.82) is 0 Å². The standard InChI is InChI=1S/C12H17N.ClH/c1-8-6-9(2)12(10(3)7-8)11-4-5-13-11;/h6-7,11,13H,4-5H2,1-3H3;1H/t11-;/m1./s1.